The van der Waals surface area contributed by atoms with Crippen LogP contribution >= 0.6 is 0 Å². The molecule has 0 aliphatic heterocycles. The number of hydrogen-bond acceptors (Lipinski definition) is 4. The van der Waals surface area contributed by atoms with Crippen molar-refractivity contribution in [3.05, 3.63) is 35.4 Å². The standard InChI is InChI=1S/C19H29NO4/c1-14-6-8-15(9-7-14)10-11-16(22)5-4-12-20-18(24)17(23)19(2,3)13-21/h6-9,17,21,23H,4-5,10-13H2,1-3H3,(H,20,24)/t17-/m0/s1. The van der Waals surface area contributed by atoms with E-state index in [4.69, 9.17) is 5.11 Å². The molecule has 0 aromatic heterocycles. The molecule has 1 aromatic rings. The molecule has 24 heavy (non-hydrogen) atoms. The molecule has 0 spiro atoms. The molecule has 0 unspecified atom stereocenters. The van der Waals surface area contributed by atoms with Crippen molar-refractivity contribution in [2.75, 3.05) is 13.2 Å². The molecular formula is C19H29NO4. The van der Waals surface area contributed by atoms with Crippen LogP contribution in [-0.2, 0) is 16.0 Å². The maximum atomic E-state index is 11.9. The first kappa shape index (κ1) is 20.3. The molecule has 1 rings (SSSR count). The Bertz CT molecular complexity index is 537. The van der Waals surface area contributed by atoms with E-state index in [2.05, 4.69) is 5.32 Å². The van der Waals surface area contributed by atoms with E-state index >= 15 is 0 Å². The van der Waals surface area contributed by atoms with Crippen molar-refractivity contribution in [2.45, 2.75) is 52.6 Å². The molecule has 0 radical (unpaired) electrons. The van der Waals surface area contributed by atoms with E-state index in [0.717, 1.165) is 12.0 Å². The predicted octanol–water partition coefficient (Wildman–Crippen LogP) is 1.77. The highest BCUT2D eigenvalue weighted by Gasteiger charge is 2.32. The molecule has 1 aromatic carbocycles. The second-order valence-electron chi connectivity index (χ2n) is 6.97. The van der Waals surface area contributed by atoms with Gasteiger partial charge in [-0.1, -0.05) is 43.7 Å². The molecule has 0 aliphatic carbocycles. The van der Waals surface area contributed by atoms with E-state index < -0.39 is 17.4 Å². The summed E-state index contributed by atoms with van der Waals surface area (Å²) in [5.41, 5.74) is 1.47. The summed E-state index contributed by atoms with van der Waals surface area (Å²) < 4.78 is 0. The van der Waals surface area contributed by atoms with Gasteiger partial charge in [0.2, 0.25) is 5.91 Å². The fourth-order valence-corrected chi connectivity index (χ4v) is 2.20. The normalized spacial score (nSPS) is 12.7. The number of nitrogens with one attached hydrogen (secondary N) is 1. The number of aryl methyl sites for hydroxylation is 2. The highest BCUT2D eigenvalue weighted by atomic mass is 16.3. The third-order valence-corrected chi connectivity index (χ3v) is 4.14. The fourth-order valence-electron chi connectivity index (χ4n) is 2.20. The van der Waals surface area contributed by atoms with Crippen LogP contribution in [0.5, 0.6) is 0 Å². The highest BCUT2D eigenvalue weighted by Crippen LogP contribution is 2.19. The summed E-state index contributed by atoms with van der Waals surface area (Å²) >= 11 is 0. The smallest absolute Gasteiger partial charge is 0.249 e. The van der Waals surface area contributed by atoms with Gasteiger partial charge in [0.25, 0.3) is 0 Å². The minimum Gasteiger partial charge on any atom is -0.396 e. The van der Waals surface area contributed by atoms with Gasteiger partial charge in [0, 0.05) is 24.8 Å². The molecule has 0 heterocycles. The third kappa shape index (κ3) is 6.81. The minimum atomic E-state index is -1.26. The van der Waals surface area contributed by atoms with E-state index in [9.17, 15) is 14.7 Å². The Labute approximate surface area is 144 Å². The first-order chi connectivity index (χ1) is 11.3. The van der Waals surface area contributed by atoms with Crippen LogP contribution < -0.4 is 5.32 Å². The lowest BCUT2D eigenvalue weighted by Gasteiger charge is -2.27. The number of rotatable bonds is 10. The predicted molar refractivity (Wildman–Crippen MR) is 93.6 cm³/mol. The SMILES string of the molecule is Cc1ccc(CCC(=O)CCCNC(=O)[C@H](O)C(C)(C)CO)cc1. The highest BCUT2D eigenvalue weighted by molar-refractivity contribution is 5.81. The molecule has 134 valence electrons. The van der Waals surface area contributed by atoms with Crippen molar-refractivity contribution in [1.29, 1.82) is 0 Å². The van der Waals surface area contributed by atoms with Crippen LogP contribution in [0.3, 0.4) is 0 Å². The minimum absolute atomic E-state index is 0.168. The van der Waals surface area contributed by atoms with Crippen LogP contribution in [0, 0.1) is 12.3 Å². The second-order valence-corrected chi connectivity index (χ2v) is 6.97. The molecule has 3 N–H and O–H groups in total. The quantitative estimate of drug-likeness (QED) is 0.569. The van der Waals surface area contributed by atoms with Gasteiger partial charge in [-0.25, -0.2) is 0 Å². The Morgan fingerprint density at radius 3 is 2.38 bits per heavy atom. The molecule has 0 bridgehead atoms. The number of aliphatic hydroxyl groups excluding tert-OH is 2. The van der Waals surface area contributed by atoms with Crippen LogP contribution in [0.15, 0.2) is 24.3 Å². The first-order valence-corrected chi connectivity index (χ1v) is 8.40. The number of carbonyl (C=O) groups excluding carboxylic acids is 2. The topological polar surface area (TPSA) is 86.6 Å². The van der Waals surface area contributed by atoms with Crippen molar-refractivity contribution in [3.8, 4) is 0 Å². The molecule has 0 fully saturated rings. The molecule has 0 aliphatic rings. The van der Waals surface area contributed by atoms with E-state index in [1.807, 2.05) is 31.2 Å². The summed E-state index contributed by atoms with van der Waals surface area (Å²) in [5.74, 6) is -0.345. The van der Waals surface area contributed by atoms with Crippen molar-refractivity contribution >= 4 is 11.7 Å². The zero-order chi connectivity index (χ0) is 18.2. The maximum absolute atomic E-state index is 11.9. The fraction of sp³-hybridized carbons (Fsp3) is 0.579. The lowest BCUT2D eigenvalue weighted by molar-refractivity contribution is -0.137. The van der Waals surface area contributed by atoms with Gasteiger partial charge in [0.1, 0.15) is 11.9 Å². The summed E-state index contributed by atoms with van der Waals surface area (Å²) in [6, 6.07) is 8.14. The molecule has 5 nitrogen and oxygen atoms in total. The summed E-state index contributed by atoms with van der Waals surface area (Å²) in [6.07, 6.45) is 0.919. The van der Waals surface area contributed by atoms with Gasteiger partial charge in [-0.2, -0.15) is 0 Å². The van der Waals surface area contributed by atoms with Crippen molar-refractivity contribution < 1.29 is 19.8 Å². The van der Waals surface area contributed by atoms with E-state index in [0.29, 0.717) is 25.8 Å². The number of Topliss-reactive ketones (excluding diaryl/α,β-unsaturated/α-hetero) is 1. The molecule has 1 amide bonds. The Balaban J connectivity index is 2.21. The number of ketones is 1. The Morgan fingerprint density at radius 2 is 1.79 bits per heavy atom. The second kappa shape index (κ2) is 9.55. The van der Waals surface area contributed by atoms with Gasteiger partial charge in [0.15, 0.2) is 0 Å². The maximum Gasteiger partial charge on any atom is 0.249 e. The van der Waals surface area contributed by atoms with Crippen LogP contribution in [0.1, 0.15) is 44.2 Å². The van der Waals surface area contributed by atoms with E-state index in [-0.39, 0.29) is 12.4 Å². The van der Waals surface area contributed by atoms with Crippen LogP contribution in [0.25, 0.3) is 0 Å². The molecule has 0 saturated carbocycles. The zero-order valence-corrected chi connectivity index (χ0v) is 14.8. The van der Waals surface area contributed by atoms with Crippen LogP contribution in [0.4, 0.5) is 0 Å². The van der Waals surface area contributed by atoms with Gasteiger partial charge in [-0.15, -0.1) is 0 Å². The first-order valence-electron chi connectivity index (χ1n) is 8.40. The lowest BCUT2D eigenvalue weighted by atomic mass is 9.87. The van der Waals surface area contributed by atoms with Gasteiger partial charge in [-0.3, -0.25) is 9.59 Å². The Kier molecular flexibility index (Phi) is 8.08. The Hall–Kier alpha value is -1.72. The van der Waals surface area contributed by atoms with Gasteiger partial charge in [-0.05, 0) is 25.3 Å². The summed E-state index contributed by atoms with van der Waals surface area (Å²) in [5, 5.41) is 21.6. The summed E-state index contributed by atoms with van der Waals surface area (Å²) in [4.78, 5) is 23.6. The summed E-state index contributed by atoms with van der Waals surface area (Å²) in [7, 11) is 0. The molecular weight excluding hydrogens is 306 g/mol. The van der Waals surface area contributed by atoms with Crippen LogP contribution in [-0.4, -0.2) is 41.2 Å². The number of amides is 1. The monoisotopic (exact) mass is 335 g/mol. The van der Waals surface area contributed by atoms with Crippen molar-refractivity contribution in [2.24, 2.45) is 5.41 Å². The third-order valence-electron chi connectivity index (χ3n) is 4.14. The van der Waals surface area contributed by atoms with Gasteiger partial charge >= 0.3 is 0 Å². The van der Waals surface area contributed by atoms with Gasteiger partial charge in [0.05, 0.1) is 6.61 Å². The van der Waals surface area contributed by atoms with Crippen molar-refractivity contribution in [1.82, 2.24) is 5.32 Å². The molecule has 1 atom stereocenters. The number of carbonyl (C=O) groups is 2. The van der Waals surface area contributed by atoms with Gasteiger partial charge < -0.3 is 15.5 Å². The number of hydrogen-bond donors (Lipinski definition) is 3. The van der Waals surface area contributed by atoms with Crippen molar-refractivity contribution in [3.63, 3.8) is 0 Å². The molecule has 0 saturated heterocycles. The lowest BCUT2D eigenvalue weighted by Crippen LogP contribution is -2.45. The number of benzene rings is 1. The van der Waals surface area contributed by atoms with Crippen LogP contribution in [0.2, 0.25) is 0 Å². The van der Waals surface area contributed by atoms with E-state index in [1.165, 1.54) is 5.56 Å². The number of aliphatic hydroxyl groups is 2. The van der Waals surface area contributed by atoms with E-state index in [1.54, 1.807) is 13.8 Å². The Morgan fingerprint density at radius 1 is 1.17 bits per heavy atom. The largest absolute Gasteiger partial charge is 0.396 e. The zero-order valence-electron chi connectivity index (χ0n) is 14.8. The molecule has 5 heteroatoms. The summed E-state index contributed by atoms with van der Waals surface area (Å²) in [6.45, 7) is 5.33. The average Bonchev–Trinajstić information content (AvgIpc) is 2.57. The average molecular weight is 335 g/mol.